The smallest absolute Gasteiger partial charge is 0.399 e. The van der Waals surface area contributed by atoms with Crippen molar-refractivity contribution in [3.8, 4) is 5.75 Å². The molecule has 252 valence electrons. The van der Waals surface area contributed by atoms with Crippen LogP contribution < -0.4 is 10.2 Å². The number of aromatic nitrogens is 2. The molecule has 6 atom stereocenters. The zero-order valence-electron chi connectivity index (χ0n) is 19.8. The van der Waals surface area contributed by atoms with Gasteiger partial charge in [-0.2, -0.15) is 17.2 Å². The molecule has 1 aliphatic rings. The number of aliphatic hydroxyl groups excluding tert-OH is 3. The summed E-state index contributed by atoms with van der Waals surface area (Å²) < 4.78 is 86.8. The SMILES string of the molecule is O=P(O)(O)OP(=O)(O)OP(=O)(O)O.O=c1[nH]c(=S)c(OP(=O)(O)OP(=O)(O)OP(=O)(O)O)cn1[C@@H]1O[C@H](CO)[C@@H](O)[C@H]1O. The highest BCUT2D eigenvalue weighted by Crippen LogP contribution is 2.66. The number of nitrogens with zero attached hydrogens (tertiary/aromatic N) is 1. The van der Waals surface area contributed by atoms with E-state index in [1.165, 1.54) is 0 Å². The van der Waals surface area contributed by atoms with Gasteiger partial charge in [-0.15, -0.1) is 0 Å². The van der Waals surface area contributed by atoms with Gasteiger partial charge in [0, 0.05) is 0 Å². The van der Waals surface area contributed by atoms with E-state index in [0.717, 1.165) is 0 Å². The molecule has 1 aromatic heterocycles. The van der Waals surface area contributed by atoms with Gasteiger partial charge in [-0.3, -0.25) is 14.4 Å². The van der Waals surface area contributed by atoms with Gasteiger partial charge in [0.15, 0.2) is 16.6 Å². The number of phosphoric acid groups is 6. The number of H-pyrrole nitrogens is 1. The molecule has 0 amide bonds. The van der Waals surface area contributed by atoms with Gasteiger partial charge in [0.05, 0.1) is 12.8 Å². The van der Waals surface area contributed by atoms with Crippen LogP contribution in [0.3, 0.4) is 0 Å². The average molecular weight is 774 g/mol. The average Bonchev–Trinajstić information content (AvgIpc) is 2.98. The van der Waals surface area contributed by atoms with E-state index in [1.807, 2.05) is 4.98 Å². The summed E-state index contributed by atoms with van der Waals surface area (Å²) in [5.41, 5.74) is -1.05. The van der Waals surface area contributed by atoms with E-state index in [-0.39, 0.29) is 0 Å². The molecule has 13 N–H and O–H groups in total. The number of nitrogens with one attached hydrogen (secondary N) is 1. The molecule has 0 bridgehead atoms. The fourth-order valence-electron chi connectivity index (χ4n) is 2.54. The van der Waals surface area contributed by atoms with E-state index >= 15 is 0 Å². The lowest BCUT2D eigenvalue weighted by atomic mass is 10.1. The Kier molecular flexibility index (Phi) is 13.8. The van der Waals surface area contributed by atoms with Crippen LogP contribution in [0.15, 0.2) is 11.0 Å². The molecule has 0 radical (unpaired) electrons. The Labute approximate surface area is 240 Å². The standard InChI is InChI=1S/C9H15N2O15P3S.H5O10P3/c12-2-4-5(13)6(14)8(23-4)11-1-3(7(30)10-9(11)15)24-28(19,20)26-29(21,22)25-27(16,17)18;1-11(2,3)9-13(7,8)10-12(4,5)6/h1,4-6,8,12-14H,2H2,(H,19,20)(H,21,22)(H,10,15,30)(H2,16,17,18);(H,7,8)(H2,1,2,3)(H2,4,5,6)/t4-,5-,6-,8-;/m1./s1. The predicted molar refractivity (Wildman–Crippen MR) is 129 cm³/mol. The Morgan fingerprint density at radius 2 is 1.19 bits per heavy atom. The first kappa shape index (κ1) is 40.6. The molecule has 0 saturated carbocycles. The molecule has 0 aliphatic carbocycles. The molecule has 1 aliphatic heterocycles. The first-order chi connectivity index (χ1) is 19.0. The van der Waals surface area contributed by atoms with Gasteiger partial charge in [0.2, 0.25) is 0 Å². The van der Waals surface area contributed by atoms with E-state index < -0.39 is 94.2 Å². The third kappa shape index (κ3) is 14.7. The van der Waals surface area contributed by atoms with Gasteiger partial charge >= 0.3 is 52.6 Å². The number of aliphatic hydroxyl groups is 3. The predicted octanol–water partition coefficient (Wildman–Crippen LogP) is -2.47. The van der Waals surface area contributed by atoms with Crippen LogP contribution in [0.1, 0.15) is 6.23 Å². The van der Waals surface area contributed by atoms with Crippen LogP contribution in [0.4, 0.5) is 0 Å². The molecule has 27 nitrogen and oxygen atoms in total. The van der Waals surface area contributed by atoms with E-state index in [2.05, 4.69) is 21.8 Å². The zero-order valence-corrected chi connectivity index (χ0v) is 26.0. The molecule has 2 rings (SSSR count). The second kappa shape index (κ2) is 14.6. The van der Waals surface area contributed by atoms with E-state index in [1.54, 1.807) is 0 Å². The molecule has 0 aromatic carbocycles. The first-order valence-electron chi connectivity index (χ1n) is 9.64. The summed E-state index contributed by atoms with van der Waals surface area (Å²) in [4.78, 5) is 89.9. The molecule has 43 heavy (non-hydrogen) atoms. The van der Waals surface area contributed by atoms with Gasteiger partial charge in [-0.25, -0.2) is 32.2 Å². The maximum Gasteiger partial charge on any atom is 0.536 e. The highest BCUT2D eigenvalue weighted by molar-refractivity contribution is 7.71. The molecule has 0 spiro atoms. The number of hydrogen-bond acceptors (Lipinski definition) is 17. The summed E-state index contributed by atoms with van der Waals surface area (Å²) in [5.74, 6) is -0.843. The van der Waals surface area contributed by atoms with Crippen LogP contribution in [0, 0.1) is 4.64 Å². The number of ether oxygens (including phenoxy) is 1. The van der Waals surface area contributed by atoms with Crippen molar-refractivity contribution in [3.63, 3.8) is 0 Å². The molecular formula is C9H20N2O25P6S. The van der Waals surface area contributed by atoms with Gasteiger partial charge in [-0.05, 0) is 0 Å². The largest absolute Gasteiger partial charge is 0.536 e. The third-order valence-corrected chi connectivity index (χ3v) is 11.2. The van der Waals surface area contributed by atoms with Crippen LogP contribution in [0.5, 0.6) is 5.75 Å². The first-order valence-corrected chi connectivity index (χ1v) is 19.1. The zero-order chi connectivity index (χ0) is 34.0. The molecule has 1 fully saturated rings. The minimum absolute atomic E-state index is 0.527. The number of hydrogen-bond donors (Lipinski definition) is 13. The summed E-state index contributed by atoms with van der Waals surface area (Å²) in [6.45, 7) is -0.722. The van der Waals surface area contributed by atoms with Gasteiger partial charge in [0.1, 0.15) is 18.3 Å². The number of phosphoric ester groups is 1. The number of rotatable bonds is 12. The topological polar surface area (TPSA) is 438 Å². The van der Waals surface area contributed by atoms with Gasteiger partial charge < -0.3 is 63.7 Å². The van der Waals surface area contributed by atoms with E-state index in [9.17, 15) is 47.3 Å². The van der Waals surface area contributed by atoms with Crippen LogP contribution in [-0.2, 0) is 49.4 Å². The lowest BCUT2D eigenvalue weighted by Crippen LogP contribution is -2.36. The number of aromatic amines is 1. The van der Waals surface area contributed by atoms with E-state index in [0.29, 0.717) is 10.8 Å². The summed E-state index contributed by atoms with van der Waals surface area (Å²) >= 11 is 4.71. The van der Waals surface area contributed by atoms with Crippen molar-refractivity contribution in [2.75, 3.05) is 6.61 Å². The minimum Gasteiger partial charge on any atom is -0.399 e. The maximum atomic E-state index is 12.1. The van der Waals surface area contributed by atoms with Crippen molar-refractivity contribution in [2.45, 2.75) is 24.5 Å². The Morgan fingerprint density at radius 1 is 0.767 bits per heavy atom. The summed E-state index contributed by atoms with van der Waals surface area (Å²) in [6.07, 6.45) is -5.61. The Bertz CT molecular complexity index is 1520. The Hall–Kier alpha value is -0.400. The van der Waals surface area contributed by atoms with Crippen molar-refractivity contribution >= 4 is 59.2 Å². The fraction of sp³-hybridized carbons (Fsp3) is 0.556. The van der Waals surface area contributed by atoms with Crippen molar-refractivity contribution < 1.29 is 113 Å². The molecule has 1 saturated heterocycles. The minimum atomic E-state index is -5.80. The van der Waals surface area contributed by atoms with Crippen LogP contribution in [-0.4, -0.2) is 93.8 Å². The summed E-state index contributed by atoms with van der Waals surface area (Å²) in [7, 11) is -33.2. The highest BCUT2D eigenvalue weighted by Gasteiger charge is 2.45. The molecule has 1 aromatic rings. The van der Waals surface area contributed by atoms with Crippen LogP contribution >= 0.6 is 59.2 Å². The molecule has 2 heterocycles. The lowest BCUT2D eigenvalue weighted by molar-refractivity contribution is -0.0551. The van der Waals surface area contributed by atoms with Crippen LogP contribution in [0.2, 0.25) is 0 Å². The molecule has 34 heteroatoms. The summed E-state index contributed by atoms with van der Waals surface area (Å²) in [6, 6.07) is 0. The van der Waals surface area contributed by atoms with Crippen molar-refractivity contribution in [3.05, 3.63) is 21.3 Å². The highest BCUT2D eigenvalue weighted by atomic mass is 32.1. The van der Waals surface area contributed by atoms with Crippen molar-refractivity contribution in [1.29, 1.82) is 0 Å². The maximum absolute atomic E-state index is 12.1. The Morgan fingerprint density at radius 3 is 1.56 bits per heavy atom. The van der Waals surface area contributed by atoms with Gasteiger partial charge in [-0.1, -0.05) is 12.2 Å². The quantitative estimate of drug-likeness (QED) is 0.0772. The normalized spacial score (nSPS) is 24.4. The molecular weight excluding hydrogens is 754 g/mol. The van der Waals surface area contributed by atoms with Crippen molar-refractivity contribution in [2.24, 2.45) is 0 Å². The van der Waals surface area contributed by atoms with Crippen molar-refractivity contribution in [1.82, 2.24) is 9.55 Å². The van der Waals surface area contributed by atoms with Gasteiger partial charge in [0.25, 0.3) is 0 Å². The summed E-state index contributed by atoms with van der Waals surface area (Å²) in [5, 5.41) is 28.8. The fourth-order valence-corrected chi connectivity index (χ4v) is 8.34. The second-order valence-corrected chi connectivity index (χ2v) is 16.1. The Balaban J connectivity index is 0.000000599. The third-order valence-electron chi connectivity index (χ3n) is 3.78. The van der Waals surface area contributed by atoms with Crippen LogP contribution in [0.25, 0.3) is 0 Å². The van der Waals surface area contributed by atoms with E-state index in [4.69, 9.17) is 61.2 Å². The lowest BCUT2D eigenvalue weighted by Gasteiger charge is -2.20. The molecule has 2 unspecified atom stereocenters. The second-order valence-electron chi connectivity index (χ2n) is 7.18. The monoisotopic (exact) mass is 774 g/mol.